The molecular weight excluding hydrogens is 158 g/mol. The van der Waals surface area contributed by atoms with E-state index < -0.39 is 13.9 Å². The Morgan fingerprint density at radius 3 is 2.22 bits per heavy atom. The lowest BCUT2D eigenvalue weighted by Gasteiger charge is -2.07. The highest BCUT2D eigenvalue weighted by atomic mass is 32.8. The highest BCUT2D eigenvalue weighted by Crippen LogP contribution is 1.92. The van der Waals surface area contributed by atoms with Crippen molar-refractivity contribution in [3.05, 3.63) is 0 Å². The van der Waals surface area contributed by atoms with Crippen LogP contribution in [0.2, 0.25) is 0 Å². The van der Waals surface area contributed by atoms with E-state index in [1.54, 1.807) is 0 Å². The fourth-order valence-electron chi connectivity index (χ4n) is 0.177. The Morgan fingerprint density at radius 1 is 1.89 bits per heavy atom. The summed E-state index contributed by atoms with van der Waals surface area (Å²) in [5.74, 6) is -0.225. The van der Waals surface area contributed by atoms with Crippen molar-refractivity contribution >= 4 is 25.7 Å². The van der Waals surface area contributed by atoms with Crippen LogP contribution >= 0.6 is 0 Å². The molecule has 54 valence electrons. The van der Waals surface area contributed by atoms with Crippen molar-refractivity contribution in [2.45, 2.75) is 12.2 Å². The molecule has 0 heterocycles. The van der Waals surface area contributed by atoms with Gasteiger partial charge in [-0.2, -0.15) is 0 Å². The molecule has 0 aromatic heterocycles. The fourth-order valence-corrected chi connectivity index (χ4v) is 0.842. The normalized spacial score (nSPS) is 20.2. The standard InChI is InChI=1S/C3H9N3OS2/c1-2(3(4)5)9(6,7)8/h2H,1H3,(H3,4,5)(H2,6,7,8). The molecule has 0 aliphatic carbocycles. The summed E-state index contributed by atoms with van der Waals surface area (Å²) in [4.78, 5) is 0. The smallest absolute Gasteiger partial charge is 0.108 e. The van der Waals surface area contributed by atoms with E-state index in [1.807, 2.05) is 0 Å². The van der Waals surface area contributed by atoms with E-state index in [2.05, 4.69) is 11.2 Å². The Bertz CT molecular complexity index is 207. The molecule has 0 rings (SSSR count). The van der Waals surface area contributed by atoms with E-state index in [-0.39, 0.29) is 5.84 Å². The SMILES string of the molecule is CC(C(=N)N)S(N)(=O)=S. The number of nitrogens with two attached hydrogens (primary N) is 2. The van der Waals surface area contributed by atoms with Crippen LogP contribution in [-0.4, -0.2) is 15.3 Å². The largest absolute Gasteiger partial charge is 0.387 e. The molecule has 0 saturated carbocycles. The van der Waals surface area contributed by atoms with Crippen LogP contribution in [0, 0.1) is 5.41 Å². The van der Waals surface area contributed by atoms with Crippen LogP contribution in [0.3, 0.4) is 0 Å². The summed E-state index contributed by atoms with van der Waals surface area (Å²) in [7, 11) is -2.82. The van der Waals surface area contributed by atoms with Gasteiger partial charge in [0.05, 0.1) is 8.68 Å². The average molecular weight is 167 g/mol. The van der Waals surface area contributed by atoms with Gasteiger partial charge in [0.15, 0.2) is 0 Å². The molecule has 5 N–H and O–H groups in total. The van der Waals surface area contributed by atoms with E-state index in [1.165, 1.54) is 6.92 Å². The zero-order valence-corrected chi connectivity index (χ0v) is 6.59. The highest BCUT2D eigenvalue weighted by Gasteiger charge is 2.13. The Balaban J connectivity index is 4.43. The Labute approximate surface area is 58.9 Å². The second-order valence-electron chi connectivity index (χ2n) is 1.69. The van der Waals surface area contributed by atoms with Crippen LogP contribution in [0.1, 0.15) is 6.92 Å². The first-order valence-corrected chi connectivity index (χ1v) is 4.82. The van der Waals surface area contributed by atoms with Crippen LogP contribution in [0.15, 0.2) is 0 Å². The van der Waals surface area contributed by atoms with Gasteiger partial charge in [0.2, 0.25) is 0 Å². The second kappa shape index (κ2) is 2.59. The van der Waals surface area contributed by atoms with Gasteiger partial charge < -0.3 is 5.73 Å². The summed E-state index contributed by atoms with van der Waals surface area (Å²) in [5, 5.41) is 11.1. The molecule has 0 aliphatic heterocycles. The topological polar surface area (TPSA) is 93.0 Å². The minimum atomic E-state index is -2.82. The van der Waals surface area contributed by atoms with Crippen molar-refractivity contribution in [2.75, 3.05) is 0 Å². The fraction of sp³-hybridized carbons (Fsp3) is 0.667. The molecule has 0 aliphatic rings. The van der Waals surface area contributed by atoms with Gasteiger partial charge in [0.1, 0.15) is 11.1 Å². The number of nitrogens with one attached hydrogen (secondary N) is 1. The number of amidine groups is 1. The third-order valence-electron chi connectivity index (χ3n) is 0.931. The van der Waals surface area contributed by atoms with Crippen LogP contribution in [0.4, 0.5) is 0 Å². The number of hydrogen-bond acceptors (Lipinski definition) is 3. The monoisotopic (exact) mass is 167 g/mol. The molecule has 0 radical (unpaired) electrons. The van der Waals surface area contributed by atoms with Crippen molar-refractivity contribution in [1.29, 1.82) is 5.41 Å². The van der Waals surface area contributed by atoms with Gasteiger partial charge in [0, 0.05) is 0 Å². The minimum Gasteiger partial charge on any atom is -0.387 e. The first kappa shape index (κ1) is 8.80. The first-order valence-electron chi connectivity index (χ1n) is 2.21. The number of rotatable bonds is 2. The quantitative estimate of drug-likeness (QED) is 0.361. The van der Waals surface area contributed by atoms with Gasteiger partial charge in [-0.15, -0.1) is 0 Å². The Morgan fingerprint density at radius 2 is 2.22 bits per heavy atom. The lowest BCUT2D eigenvalue weighted by atomic mass is 10.4. The molecule has 0 spiro atoms. The van der Waals surface area contributed by atoms with Crippen LogP contribution < -0.4 is 10.9 Å². The van der Waals surface area contributed by atoms with Gasteiger partial charge >= 0.3 is 0 Å². The molecule has 0 fully saturated rings. The zero-order chi connectivity index (χ0) is 7.65. The average Bonchev–Trinajstić information content (AvgIpc) is 1.62. The van der Waals surface area contributed by atoms with Crippen molar-refractivity contribution in [3.63, 3.8) is 0 Å². The molecule has 9 heavy (non-hydrogen) atoms. The predicted molar refractivity (Wildman–Crippen MR) is 41.1 cm³/mol. The molecule has 0 aromatic carbocycles. The van der Waals surface area contributed by atoms with E-state index in [0.29, 0.717) is 0 Å². The Kier molecular flexibility index (Phi) is 2.53. The summed E-state index contributed by atoms with van der Waals surface area (Å²) < 4.78 is 10.7. The second-order valence-corrected chi connectivity index (χ2v) is 5.13. The number of hydrogen-bond donors (Lipinski definition) is 3. The molecule has 0 aromatic rings. The van der Waals surface area contributed by atoms with Gasteiger partial charge in [-0.25, -0.2) is 9.35 Å². The minimum absolute atomic E-state index is 0.225. The van der Waals surface area contributed by atoms with E-state index in [4.69, 9.17) is 16.3 Å². The van der Waals surface area contributed by atoms with Gasteiger partial charge in [0.25, 0.3) is 0 Å². The predicted octanol–water partition coefficient (Wildman–Crippen LogP) is -1.07. The van der Waals surface area contributed by atoms with Gasteiger partial charge in [-0.05, 0) is 18.1 Å². The maximum absolute atomic E-state index is 10.7. The molecule has 0 bridgehead atoms. The summed E-state index contributed by atoms with van der Waals surface area (Å²) in [6, 6.07) is 0. The highest BCUT2D eigenvalue weighted by molar-refractivity contribution is 8.32. The zero-order valence-electron chi connectivity index (χ0n) is 4.96. The van der Waals surface area contributed by atoms with E-state index in [9.17, 15) is 4.21 Å². The lowest BCUT2D eigenvalue weighted by molar-refractivity contribution is 0.680. The van der Waals surface area contributed by atoms with Crippen molar-refractivity contribution in [2.24, 2.45) is 10.9 Å². The summed E-state index contributed by atoms with van der Waals surface area (Å²) in [6.07, 6.45) is 0. The molecule has 2 atom stereocenters. The van der Waals surface area contributed by atoms with Crippen molar-refractivity contribution in [3.8, 4) is 0 Å². The molecule has 4 nitrogen and oxygen atoms in total. The maximum Gasteiger partial charge on any atom is 0.108 e. The van der Waals surface area contributed by atoms with Gasteiger partial charge in [-0.1, -0.05) is 0 Å². The summed E-state index contributed by atoms with van der Waals surface area (Å²) in [5.41, 5.74) is 4.98. The van der Waals surface area contributed by atoms with Gasteiger partial charge in [-0.3, -0.25) is 5.41 Å². The molecule has 0 amide bonds. The Hall–Kier alpha value is -0.200. The molecule has 6 heteroatoms. The van der Waals surface area contributed by atoms with Crippen molar-refractivity contribution in [1.82, 2.24) is 0 Å². The van der Waals surface area contributed by atoms with Crippen LogP contribution in [0.5, 0.6) is 0 Å². The van der Waals surface area contributed by atoms with Crippen LogP contribution in [-0.2, 0) is 19.9 Å². The van der Waals surface area contributed by atoms with Crippen molar-refractivity contribution < 1.29 is 4.21 Å². The molecule has 0 saturated heterocycles. The lowest BCUT2D eigenvalue weighted by Crippen LogP contribution is -2.36. The molecular formula is C3H9N3OS2. The van der Waals surface area contributed by atoms with E-state index >= 15 is 0 Å². The first-order chi connectivity index (χ1) is 3.85. The van der Waals surface area contributed by atoms with Crippen LogP contribution in [0.25, 0.3) is 0 Å². The third-order valence-corrected chi connectivity index (χ3v) is 3.04. The van der Waals surface area contributed by atoms with E-state index in [0.717, 1.165) is 0 Å². The summed E-state index contributed by atoms with van der Waals surface area (Å²) in [6.45, 7) is 1.47. The maximum atomic E-state index is 10.7. The summed E-state index contributed by atoms with van der Waals surface area (Å²) >= 11 is 4.37. The third kappa shape index (κ3) is 2.73. The molecule has 2 unspecified atom stereocenters.